The zero-order chi connectivity index (χ0) is 23.4. The van der Waals surface area contributed by atoms with Gasteiger partial charge in [-0.05, 0) is 54.7 Å². The second kappa shape index (κ2) is 10.5. The quantitative estimate of drug-likeness (QED) is 0.204. The Balaban J connectivity index is 1.34. The van der Waals surface area contributed by atoms with Gasteiger partial charge in [0, 0.05) is 27.6 Å². The molecule has 4 aromatic rings. The number of hydrogen-bond donors (Lipinski definition) is 2. The largest absolute Gasteiger partial charge is 0.457 e. The first kappa shape index (κ1) is 23.5. The summed E-state index contributed by atoms with van der Waals surface area (Å²) < 4.78 is 5.73. The number of hydrogen-bond acceptors (Lipinski definition) is 5. The number of carbonyl (C=O) groups is 1. The molecule has 2 N–H and O–H groups in total. The Kier molecular flexibility index (Phi) is 7.47. The highest BCUT2D eigenvalue weighted by Crippen LogP contribution is 2.34. The lowest BCUT2D eigenvalue weighted by molar-refractivity contribution is -0.115. The number of rotatable bonds is 5. The van der Waals surface area contributed by atoms with Gasteiger partial charge in [0.05, 0.1) is 15.7 Å². The van der Waals surface area contributed by atoms with E-state index in [2.05, 4.69) is 15.6 Å². The molecule has 2 heterocycles. The first-order valence-electron chi connectivity index (χ1n) is 9.45. The van der Waals surface area contributed by atoms with Crippen LogP contribution in [0.1, 0.15) is 5.76 Å². The Morgan fingerprint density at radius 1 is 1.06 bits per heavy atom. The van der Waals surface area contributed by atoms with Crippen molar-refractivity contribution in [3.05, 3.63) is 86.9 Å². The van der Waals surface area contributed by atoms with Crippen LogP contribution in [-0.2, 0) is 4.79 Å². The first-order valence-corrected chi connectivity index (χ1v) is 11.9. The van der Waals surface area contributed by atoms with Gasteiger partial charge in [-0.3, -0.25) is 10.1 Å². The molecule has 0 atom stereocenters. The molecule has 0 fully saturated rings. The minimum Gasteiger partial charge on any atom is -0.457 e. The molecule has 33 heavy (non-hydrogen) atoms. The Morgan fingerprint density at radius 2 is 1.85 bits per heavy atom. The molecule has 0 bridgehead atoms. The van der Waals surface area contributed by atoms with Crippen LogP contribution in [0.2, 0.25) is 15.1 Å². The number of nitrogens with one attached hydrogen (secondary N) is 2. The fourth-order valence-corrected chi connectivity index (χ4v) is 4.31. The van der Waals surface area contributed by atoms with Gasteiger partial charge in [-0.1, -0.05) is 53.0 Å². The number of halogens is 3. The molecular formula is C23H14Cl3N3O2S2. The van der Waals surface area contributed by atoms with E-state index in [0.29, 0.717) is 37.3 Å². The van der Waals surface area contributed by atoms with Crippen LogP contribution in [-0.4, -0.2) is 16.0 Å². The van der Waals surface area contributed by atoms with Crippen molar-refractivity contribution in [2.45, 2.75) is 0 Å². The lowest BCUT2D eigenvalue weighted by Crippen LogP contribution is -2.32. The van der Waals surface area contributed by atoms with Gasteiger partial charge in [0.2, 0.25) is 5.91 Å². The summed E-state index contributed by atoms with van der Waals surface area (Å²) in [4.78, 5) is 16.7. The van der Waals surface area contributed by atoms with Crippen LogP contribution in [0.4, 0.5) is 5.13 Å². The third-order valence-corrected chi connectivity index (χ3v) is 6.38. The monoisotopic (exact) mass is 533 g/mol. The minimum atomic E-state index is -0.416. The van der Waals surface area contributed by atoms with Crippen molar-refractivity contribution in [3.8, 4) is 22.6 Å². The molecular weight excluding hydrogens is 521 g/mol. The van der Waals surface area contributed by atoms with Gasteiger partial charge >= 0.3 is 0 Å². The van der Waals surface area contributed by atoms with Crippen molar-refractivity contribution < 1.29 is 9.21 Å². The van der Waals surface area contributed by atoms with Crippen LogP contribution in [0, 0.1) is 0 Å². The molecule has 0 saturated carbocycles. The Morgan fingerprint density at radius 3 is 2.64 bits per heavy atom. The predicted molar refractivity (Wildman–Crippen MR) is 140 cm³/mol. The molecule has 0 unspecified atom stereocenters. The molecule has 0 aliphatic heterocycles. The number of furan rings is 1. The highest BCUT2D eigenvalue weighted by molar-refractivity contribution is 7.80. The topological polar surface area (TPSA) is 67.2 Å². The summed E-state index contributed by atoms with van der Waals surface area (Å²) in [5, 5.41) is 9.55. The van der Waals surface area contributed by atoms with Gasteiger partial charge in [-0.2, -0.15) is 0 Å². The van der Waals surface area contributed by atoms with Gasteiger partial charge in [0.1, 0.15) is 11.5 Å². The first-order chi connectivity index (χ1) is 15.9. The summed E-state index contributed by atoms with van der Waals surface area (Å²) in [5.41, 5.74) is 2.38. The van der Waals surface area contributed by atoms with Crippen molar-refractivity contribution in [1.82, 2.24) is 10.3 Å². The van der Waals surface area contributed by atoms with Gasteiger partial charge in [-0.15, -0.1) is 11.3 Å². The second-order valence-corrected chi connectivity index (χ2v) is 9.11. The smallest absolute Gasteiger partial charge is 0.250 e. The maximum atomic E-state index is 12.2. The number of nitrogens with zero attached hydrogens (tertiary/aromatic N) is 1. The minimum absolute atomic E-state index is 0.132. The molecule has 4 rings (SSSR count). The van der Waals surface area contributed by atoms with E-state index in [0.717, 1.165) is 11.3 Å². The van der Waals surface area contributed by atoms with Crippen molar-refractivity contribution in [2.75, 3.05) is 5.32 Å². The fourth-order valence-electron chi connectivity index (χ4n) is 2.81. The third kappa shape index (κ3) is 6.01. The number of aromatic nitrogens is 1. The Labute approximate surface area is 214 Å². The summed E-state index contributed by atoms with van der Waals surface area (Å²) in [7, 11) is 0. The molecule has 0 aliphatic rings. The standard InChI is InChI=1S/C23H14Cl3N3O2S2/c24-14-6-4-13(5-7-14)18-12-33-23(27-18)29-22(32)28-20(30)11-9-15-8-10-19(31-15)16-2-1-3-17(25)21(16)26/h1-12H,(H2,27,28,29,30,32). The van der Waals surface area contributed by atoms with Gasteiger partial charge < -0.3 is 9.73 Å². The highest BCUT2D eigenvalue weighted by atomic mass is 35.5. The molecule has 0 saturated heterocycles. The van der Waals surface area contributed by atoms with E-state index in [1.165, 1.54) is 23.5 Å². The molecule has 166 valence electrons. The SMILES string of the molecule is O=C(C=Cc1ccc(-c2cccc(Cl)c2Cl)o1)NC(=S)Nc1nc(-c2ccc(Cl)cc2)cs1. The van der Waals surface area contributed by atoms with Crippen LogP contribution in [0.5, 0.6) is 0 Å². The lowest BCUT2D eigenvalue weighted by Gasteiger charge is -2.04. The predicted octanol–water partition coefficient (Wildman–Crippen LogP) is 7.56. The number of thiocarbonyl (C=S) groups is 1. The van der Waals surface area contributed by atoms with E-state index in [-0.39, 0.29) is 5.11 Å². The molecule has 5 nitrogen and oxygen atoms in total. The average Bonchev–Trinajstić information content (AvgIpc) is 3.44. The van der Waals surface area contributed by atoms with Crippen LogP contribution in [0.15, 0.2) is 70.5 Å². The molecule has 0 aliphatic carbocycles. The second-order valence-electron chi connectivity index (χ2n) is 6.62. The van der Waals surface area contributed by atoms with Crippen LogP contribution in [0.3, 0.4) is 0 Å². The summed E-state index contributed by atoms with van der Waals surface area (Å²) >= 11 is 24.8. The molecule has 2 aromatic heterocycles. The van der Waals surface area contributed by atoms with Crippen molar-refractivity contribution in [3.63, 3.8) is 0 Å². The van der Waals surface area contributed by atoms with E-state index in [1.807, 2.05) is 17.5 Å². The zero-order valence-corrected chi connectivity index (χ0v) is 20.5. The normalized spacial score (nSPS) is 11.0. The van der Waals surface area contributed by atoms with Crippen molar-refractivity contribution in [2.24, 2.45) is 0 Å². The average molecular weight is 535 g/mol. The number of carbonyl (C=O) groups excluding carboxylic acids is 1. The summed E-state index contributed by atoms with van der Waals surface area (Å²) in [6, 6.07) is 16.1. The summed E-state index contributed by atoms with van der Waals surface area (Å²) in [5.74, 6) is 0.600. The van der Waals surface area contributed by atoms with Gasteiger partial charge in [0.15, 0.2) is 10.2 Å². The number of anilines is 1. The molecule has 10 heteroatoms. The molecule has 1 amide bonds. The van der Waals surface area contributed by atoms with E-state index < -0.39 is 5.91 Å². The van der Waals surface area contributed by atoms with Gasteiger partial charge in [-0.25, -0.2) is 4.98 Å². The Bertz CT molecular complexity index is 1350. The third-order valence-electron chi connectivity index (χ3n) is 4.34. The van der Waals surface area contributed by atoms with E-state index in [4.69, 9.17) is 51.4 Å². The number of benzene rings is 2. The highest BCUT2D eigenvalue weighted by Gasteiger charge is 2.11. The van der Waals surface area contributed by atoms with E-state index in [9.17, 15) is 4.79 Å². The van der Waals surface area contributed by atoms with Gasteiger partial charge in [0.25, 0.3) is 0 Å². The lowest BCUT2D eigenvalue weighted by atomic mass is 10.2. The van der Waals surface area contributed by atoms with Crippen LogP contribution in [0.25, 0.3) is 28.7 Å². The molecule has 0 spiro atoms. The van der Waals surface area contributed by atoms with E-state index in [1.54, 1.807) is 42.5 Å². The van der Waals surface area contributed by atoms with E-state index >= 15 is 0 Å². The van der Waals surface area contributed by atoms with Crippen molar-refractivity contribution in [1.29, 1.82) is 0 Å². The zero-order valence-electron chi connectivity index (χ0n) is 16.6. The number of thiazole rings is 1. The molecule has 2 aromatic carbocycles. The summed E-state index contributed by atoms with van der Waals surface area (Å²) in [6.45, 7) is 0. The van der Waals surface area contributed by atoms with Crippen LogP contribution < -0.4 is 10.6 Å². The maximum absolute atomic E-state index is 12.2. The maximum Gasteiger partial charge on any atom is 0.250 e. The fraction of sp³-hybridized carbons (Fsp3) is 0. The van der Waals surface area contributed by atoms with Crippen molar-refractivity contribution >= 4 is 80.6 Å². The molecule has 0 radical (unpaired) electrons. The van der Waals surface area contributed by atoms with Crippen LogP contribution >= 0.6 is 58.4 Å². The summed E-state index contributed by atoms with van der Waals surface area (Å²) in [6.07, 6.45) is 2.85. The Hall–Kier alpha value is -2.68. The number of amides is 1.